The van der Waals surface area contributed by atoms with Gasteiger partial charge in [0.05, 0.1) is 10.7 Å². The van der Waals surface area contributed by atoms with Crippen LogP contribution in [0.2, 0.25) is 0 Å². The van der Waals surface area contributed by atoms with Crippen molar-refractivity contribution in [2.45, 2.75) is 11.5 Å². The normalized spacial score (nSPS) is 13.4. The van der Waals surface area contributed by atoms with Crippen LogP contribution in [0.25, 0.3) is 0 Å². The van der Waals surface area contributed by atoms with E-state index >= 15 is 0 Å². The largest absolute Gasteiger partial charge is 0.347 e. The molecule has 11 heteroatoms. The molecule has 0 radical (unpaired) electrons. The molecule has 1 unspecified atom stereocenters. The van der Waals surface area contributed by atoms with E-state index in [1.54, 1.807) is 30.3 Å². The summed E-state index contributed by atoms with van der Waals surface area (Å²) in [5.41, 5.74) is 0.0964. The van der Waals surface area contributed by atoms with Crippen LogP contribution >= 0.6 is 7.60 Å². The number of nitro benzene ring substituents is 1. The summed E-state index contributed by atoms with van der Waals surface area (Å²) in [4.78, 5) is 29.0. The summed E-state index contributed by atoms with van der Waals surface area (Å²) in [7, 11) is -8.97. The fraction of sp³-hybridized carbons (Fsp3) is 0.143. The molecule has 3 N–H and O–H groups in total. The van der Waals surface area contributed by atoms with Gasteiger partial charge in [-0.05, 0) is 23.3 Å². The zero-order chi connectivity index (χ0) is 18.7. The third-order valence-electron chi connectivity index (χ3n) is 3.25. The van der Waals surface area contributed by atoms with Gasteiger partial charge in [0.25, 0.3) is 5.69 Å². The lowest BCUT2D eigenvalue weighted by Crippen LogP contribution is -2.29. The van der Waals surface area contributed by atoms with Gasteiger partial charge in [-0.1, -0.05) is 30.3 Å². The molecule has 0 aliphatic heterocycles. The Kier molecular flexibility index (Phi) is 5.71. The zero-order valence-corrected chi connectivity index (χ0v) is 14.4. The number of nitrogens with zero attached hydrogens (tertiary/aromatic N) is 1. The zero-order valence-electron chi connectivity index (χ0n) is 12.7. The van der Waals surface area contributed by atoms with Gasteiger partial charge in [-0.15, -0.1) is 0 Å². The van der Waals surface area contributed by atoms with E-state index in [4.69, 9.17) is 0 Å². The quantitative estimate of drug-likeness (QED) is 0.374. The molecule has 134 valence electrons. The van der Waals surface area contributed by atoms with Crippen LogP contribution in [-0.4, -0.2) is 23.1 Å². The summed E-state index contributed by atoms with van der Waals surface area (Å²) in [5.74, 6) is -2.29. The van der Waals surface area contributed by atoms with Crippen LogP contribution < -0.4 is 4.72 Å². The van der Waals surface area contributed by atoms with E-state index in [0.29, 0.717) is 5.56 Å². The van der Waals surface area contributed by atoms with Crippen LogP contribution in [0.5, 0.6) is 0 Å². The van der Waals surface area contributed by atoms with E-state index in [1.807, 2.05) is 4.72 Å². The molecule has 0 aliphatic rings. The third kappa shape index (κ3) is 5.45. The molecule has 0 heterocycles. The minimum absolute atomic E-state index is 0.0735. The molecule has 0 fully saturated rings. The van der Waals surface area contributed by atoms with Crippen molar-refractivity contribution in [2.24, 2.45) is 0 Å². The van der Waals surface area contributed by atoms with Crippen molar-refractivity contribution in [3.63, 3.8) is 0 Å². The highest BCUT2D eigenvalue weighted by molar-refractivity contribution is 7.89. The Morgan fingerprint density at radius 3 is 2.12 bits per heavy atom. The molecule has 0 aromatic heterocycles. The standard InChI is InChI=1S/C14H15N2O7PS/c17-16(18)13-8-6-12(7-9-13)14(24(19,20)21)15-25(22,23)10-11-4-2-1-3-5-11/h1-9,14-15H,10H2,(H2,19,20,21). The van der Waals surface area contributed by atoms with Gasteiger partial charge in [0, 0.05) is 12.1 Å². The number of sulfonamides is 1. The van der Waals surface area contributed by atoms with E-state index in [1.165, 1.54) is 0 Å². The average Bonchev–Trinajstić information content (AvgIpc) is 2.52. The predicted octanol–water partition coefficient (Wildman–Crippen LogP) is 1.89. The smallest absolute Gasteiger partial charge is 0.323 e. The second-order valence-electron chi connectivity index (χ2n) is 5.20. The first kappa shape index (κ1) is 19.2. The summed E-state index contributed by atoms with van der Waals surface area (Å²) in [6.07, 6.45) is 0. The van der Waals surface area contributed by atoms with Gasteiger partial charge in [-0.2, -0.15) is 4.72 Å². The molecule has 25 heavy (non-hydrogen) atoms. The number of benzene rings is 2. The van der Waals surface area contributed by atoms with Crippen molar-refractivity contribution < 1.29 is 27.7 Å². The van der Waals surface area contributed by atoms with Gasteiger partial charge < -0.3 is 9.79 Å². The first-order chi connectivity index (χ1) is 11.6. The number of rotatable bonds is 7. The highest BCUT2D eigenvalue weighted by atomic mass is 32.2. The topological polar surface area (TPSA) is 147 Å². The van der Waals surface area contributed by atoms with Gasteiger partial charge >= 0.3 is 7.60 Å². The lowest BCUT2D eigenvalue weighted by atomic mass is 10.2. The first-order valence-electron chi connectivity index (χ1n) is 6.92. The highest BCUT2D eigenvalue weighted by Crippen LogP contribution is 2.50. The number of hydrogen-bond donors (Lipinski definition) is 3. The maximum absolute atomic E-state index is 12.2. The summed E-state index contributed by atoms with van der Waals surface area (Å²) in [6.45, 7) is 0. The van der Waals surface area contributed by atoms with Crippen LogP contribution in [-0.2, 0) is 20.3 Å². The summed E-state index contributed by atoms with van der Waals surface area (Å²) in [5, 5.41) is 10.7. The maximum Gasteiger partial charge on any atom is 0.347 e. The summed E-state index contributed by atoms with van der Waals surface area (Å²) in [6, 6.07) is 12.4. The van der Waals surface area contributed by atoms with Crippen molar-refractivity contribution in [1.29, 1.82) is 0 Å². The molecule has 2 aromatic carbocycles. The van der Waals surface area contributed by atoms with Crippen LogP contribution in [0.3, 0.4) is 0 Å². The molecule has 0 amide bonds. The molecule has 0 saturated carbocycles. The number of hydrogen-bond acceptors (Lipinski definition) is 5. The third-order valence-corrected chi connectivity index (χ3v) is 5.83. The van der Waals surface area contributed by atoms with Gasteiger partial charge in [0.15, 0.2) is 0 Å². The summed E-state index contributed by atoms with van der Waals surface area (Å²) < 4.78 is 38.2. The maximum atomic E-state index is 12.2. The Hall–Kier alpha value is -2.10. The Labute approximate surface area is 143 Å². The van der Waals surface area contributed by atoms with Crippen molar-refractivity contribution in [3.8, 4) is 0 Å². The second kappa shape index (κ2) is 7.42. The Bertz CT molecular complexity index is 895. The van der Waals surface area contributed by atoms with Crippen LogP contribution in [0.1, 0.15) is 16.9 Å². The Morgan fingerprint density at radius 1 is 1.08 bits per heavy atom. The monoisotopic (exact) mass is 386 g/mol. The molecular formula is C14H15N2O7PS. The number of nitrogens with one attached hydrogen (secondary N) is 1. The van der Waals surface area contributed by atoms with Crippen molar-refractivity contribution in [1.82, 2.24) is 4.72 Å². The van der Waals surface area contributed by atoms with E-state index in [9.17, 15) is 32.9 Å². The van der Waals surface area contributed by atoms with Gasteiger partial charge in [-0.3, -0.25) is 14.7 Å². The lowest BCUT2D eigenvalue weighted by molar-refractivity contribution is -0.384. The SMILES string of the molecule is O=[N+]([O-])c1ccc(C(NS(=O)(=O)Cc2ccccc2)P(=O)(O)O)cc1. The van der Waals surface area contributed by atoms with Crippen molar-refractivity contribution >= 4 is 23.3 Å². The van der Waals surface area contributed by atoms with E-state index < -0.39 is 34.1 Å². The van der Waals surface area contributed by atoms with Crippen molar-refractivity contribution in [2.75, 3.05) is 0 Å². The highest BCUT2D eigenvalue weighted by Gasteiger charge is 2.34. The van der Waals surface area contributed by atoms with Gasteiger partial charge in [0.1, 0.15) is 5.78 Å². The minimum atomic E-state index is -4.90. The van der Waals surface area contributed by atoms with E-state index in [-0.39, 0.29) is 11.3 Å². The molecular weight excluding hydrogens is 371 g/mol. The van der Waals surface area contributed by atoms with Crippen LogP contribution in [0.15, 0.2) is 54.6 Å². The Balaban J connectivity index is 2.29. The lowest BCUT2D eigenvalue weighted by Gasteiger charge is -2.20. The van der Waals surface area contributed by atoms with Crippen LogP contribution in [0.4, 0.5) is 5.69 Å². The molecule has 2 rings (SSSR count). The molecule has 0 saturated heterocycles. The predicted molar refractivity (Wildman–Crippen MR) is 90.1 cm³/mol. The molecule has 0 bridgehead atoms. The van der Waals surface area contributed by atoms with Gasteiger partial charge in [0.2, 0.25) is 10.0 Å². The average molecular weight is 386 g/mol. The molecule has 9 nitrogen and oxygen atoms in total. The molecule has 1 atom stereocenters. The molecule has 0 spiro atoms. The first-order valence-corrected chi connectivity index (χ1v) is 10.3. The second-order valence-corrected chi connectivity index (χ2v) is 8.65. The fourth-order valence-electron chi connectivity index (χ4n) is 2.11. The van der Waals surface area contributed by atoms with E-state index in [0.717, 1.165) is 24.3 Å². The molecule has 2 aromatic rings. The fourth-order valence-corrected chi connectivity index (χ4v) is 4.90. The molecule has 0 aliphatic carbocycles. The number of non-ortho nitro benzene ring substituents is 1. The van der Waals surface area contributed by atoms with Crippen molar-refractivity contribution in [3.05, 3.63) is 75.8 Å². The van der Waals surface area contributed by atoms with E-state index in [2.05, 4.69) is 0 Å². The minimum Gasteiger partial charge on any atom is -0.323 e. The Morgan fingerprint density at radius 2 is 1.64 bits per heavy atom. The van der Waals surface area contributed by atoms with Gasteiger partial charge in [-0.25, -0.2) is 8.42 Å². The summed E-state index contributed by atoms with van der Waals surface area (Å²) >= 11 is 0. The van der Waals surface area contributed by atoms with Crippen LogP contribution in [0, 0.1) is 10.1 Å². The number of nitro groups is 1.